The van der Waals surface area contributed by atoms with Crippen molar-refractivity contribution in [3.63, 3.8) is 0 Å². The van der Waals surface area contributed by atoms with Gasteiger partial charge in [-0.15, -0.1) is 0 Å². The van der Waals surface area contributed by atoms with E-state index in [-0.39, 0.29) is 27.3 Å². The van der Waals surface area contributed by atoms with Crippen molar-refractivity contribution in [3.05, 3.63) is 135 Å². The molecule has 0 aromatic carbocycles. The Morgan fingerprint density at radius 2 is 1.12 bits per heavy atom. The molecule has 0 aliphatic heterocycles. The summed E-state index contributed by atoms with van der Waals surface area (Å²) in [7, 11) is -1.52. The Labute approximate surface area is 422 Å². The molecule has 1 unspecified atom stereocenters. The third-order valence-electron chi connectivity index (χ3n) is 13.1. The van der Waals surface area contributed by atoms with E-state index in [9.17, 15) is 0 Å². The number of halogens is 3. The summed E-state index contributed by atoms with van der Waals surface area (Å²) in [5, 5.41) is 18.1. The topological polar surface area (TPSA) is 235 Å². The Hall–Kier alpha value is -5.65. The van der Waals surface area contributed by atoms with Gasteiger partial charge in [-0.1, -0.05) is 89.0 Å². The van der Waals surface area contributed by atoms with Gasteiger partial charge in [0.05, 0.1) is 37.0 Å². The molecule has 0 radical (unpaired) electrons. The lowest BCUT2D eigenvalue weighted by molar-refractivity contribution is 0.334. The van der Waals surface area contributed by atoms with Crippen LogP contribution in [0, 0.1) is 16.2 Å². The minimum Gasteiger partial charge on any atom is -0.423 e. The van der Waals surface area contributed by atoms with E-state index in [0.717, 1.165) is 83.2 Å². The molecule has 0 fully saturated rings. The number of hydrogen-bond acceptors (Lipinski definition) is 14. The summed E-state index contributed by atoms with van der Waals surface area (Å²) in [6, 6.07) is 5.39. The number of anilines is 3. The van der Waals surface area contributed by atoms with Gasteiger partial charge in [-0.2, -0.15) is 0 Å². The van der Waals surface area contributed by atoms with Crippen LogP contribution < -0.4 is 22.7 Å². The highest BCUT2D eigenvalue weighted by molar-refractivity contribution is 9.10. The summed E-state index contributed by atoms with van der Waals surface area (Å²) >= 11 is 15.3. The molecule has 6 aromatic heterocycles. The summed E-state index contributed by atoms with van der Waals surface area (Å²) in [4.78, 5) is 37.7. The zero-order valence-electron chi connectivity index (χ0n) is 39.8. The van der Waals surface area contributed by atoms with Crippen LogP contribution in [0.25, 0.3) is 33.4 Å². The smallest absolute Gasteiger partial charge is 0.423 e. The van der Waals surface area contributed by atoms with Crippen molar-refractivity contribution in [3.8, 4) is 22.3 Å². The zero-order chi connectivity index (χ0) is 49.7. The molecule has 69 heavy (non-hydrogen) atoms. The molecule has 14 nitrogen and oxygen atoms in total. The number of pyridine rings is 3. The van der Waals surface area contributed by atoms with Gasteiger partial charge in [0, 0.05) is 77.9 Å². The maximum atomic E-state index is 8.65. The van der Waals surface area contributed by atoms with Crippen LogP contribution in [-0.4, -0.2) is 62.0 Å². The van der Waals surface area contributed by atoms with E-state index >= 15 is 0 Å². The quantitative estimate of drug-likeness (QED) is 0.0817. The third kappa shape index (κ3) is 12.2. The molecule has 1 atom stereocenters. The predicted octanol–water partition coefficient (Wildman–Crippen LogP) is 10.3. The van der Waals surface area contributed by atoms with Gasteiger partial charge in [0.1, 0.15) is 0 Å². The average Bonchev–Trinajstić information content (AvgIpc) is 3.57. The number of hydrogen-bond donors (Lipinski definition) is 5. The van der Waals surface area contributed by atoms with Crippen molar-refractivity contribution in [1.82, 2.24) is 44.9 Å². The second-order valence-corrected chi connectivity index (χ2v) is 21.6. The predicted molar refractivity (Wildman–Crippen MR) is 282 cm³/mol. The molecule has 0 saturated heterocycles. The standard InChI is InChI=1S/C17H19ClN4.C17H18N4.C12H16BrN3.C5H5BClNO2/c1-17(2)6-3-11(4-7-17)15-13(9-21-16(19)22-15)12-5-8-20-10-14(12)18;1-16(2)4-6-17(7-5-16)13-10-19-8-3-11(13)12-9-20-15(18)21-14(12)17;1-12(2)5-3-8(4-6-12)10-9(13)7-15-11(14)16-10;7-5-3-8-2-1-4(5)6(9)10/h3,5,8-10H,4,6-7H2,1-2H3,(H2,19,21,22);3-4,6,8-10H,5,7H2,1-2H3,(H2,18,20,21);3,7H,4-6H2,1-2H3,(H2,14,15,16);1-3,9-10H. The SMILES string of the molecule is CC1(C)C=CC2(CC1)c1cnccc1-c1cnc(N)nc12.CC1(C)CC=C(c2nc(N)ncc2-c2ccncc2Cl)CC1.CC1(C)CC=C(c2nc(N)ncc2Br)CC1.OB(O)c1ccncc1Cl. The summed E-state index contributed by atoms with van der Waals surface area (Å²) in [6.45, 7) is 13.7. The summed E-state index contributed by atoms with van der Waals surface area (Å²) < 4.78 is 0.924. The highest BCUT2D eigenvalue weighted by atomic mass is 79.9. The molecule has 8 N–H and O–H groups in total. The summed E-state index contributed by atoms with van der Waals surface area (Å²) in [5.41, 5.74) is 29.0. The molecule has 0 bridgehead atoms. The molecule has 6 aromatic rings. The molecule has 18 heteroatoms. The normalized spacial score (nSPS) is 18.9. The molecular weight excluding hydrogens is 974 g/mol. The van der Waals surface area contributed by atoms with Gasteiger partial charge in [0.15, 0.2) is 0 Å². The molecule has 6 heterocycles. The summed E-state index contributed by atoms with van der Waals surface area (Å²) in [5.74, 6) is 0.964. The first-order valence-corrected chi connectivity index (χ1v) is 24.4. The molecule has 4 aliphatic carbocycles. The van der Waals surface area contributed by atoms with Crippen molar-refractivity contribution in [2.75, 3.05) is 17.2 Å². The number of nitrogens with zero attached hydrogens (tertiary/aromatic N) is 9. The second kappa shape index (κ2) is 21.1. The van der Waals surface area contributed by atoms with Crippen LogP contribution in [0.2, 0.25) is 10.0 Å². The van der Waals surface area contributed by atoms with Crippen molar-refractivity contribution >= 4 is 80.7 Å². The fourth-order valence-electron chi connectivity index (χ4n) is 8.74. The Balaban J connectivity index is 0.000000141. The van der Waals surface area contributed by atoms with E-state index in [1.165, 1.54) is 47.2 Å². The van der Waals surface area contributed by atoms with Crippen molar-refractivity contribution in [2.24, 2.45) is 16.2 Å². The van der Waals surface area contributed by atoms with Gasteiger partial charge in [0.2, 0.25) is 17.8 Å². The fourth-order valence-corrected chi connectivity index (χ4v) is 9.62. The third-order valence-corrected chi connectivity index (χ3v) is 14.3. The molecule has 1 spiro atoms. The van der Waals surface area contributed by atoms with Gasteiger partial charge >= 0.3 is 7.12 Å². The van der Waals surface area contributed by atoms with E-state index in [2.05, 4.69) is 133 Å². The average molecular weight is 1030 g/mol. The van der Waals surface area contributed by atoms with Crippen molar-refractivity contribution < 1.29 is 10.0 Å². The number of rotatable bonds is 4. The Morgan fingerprint density at radius 3 is 1.67 bits per heavy atom. The van der Waals surface area contributed by atoms with E-state index < -0.39 is 7.12 Å². The first-order valence-electron chi connectivity index (χ1n) is 22.8. The molecule has 0 saturated carbocycles. The Kier molecular flexibility index (Phi) is 15.7. The number of fused-ring (bicyclic) bond motifs is 5. The monoisotopic (exact) mass is 1030 g/mol. The first-order chi connectivity index (χ1) is 32.7. The van der Waals surface area contributed by atoms with E-state index in [1.54, 1.807) is 24.8 Å². The minimum atomic E-state index is -1.52. The van der Waals surface area contributed by atoms with Gasteiger partial charge in [-0.3, -0.25) is 15.0 Å². The van der Waals surface area contributed by atoms with Crippen molar-refractivity contribution in [2.45, 2.75) is 98.3 Å². The van der Waals surface area contributed by atoms with Crippen LogP contribution in [0.4, 0.5) is 17.8 Å². The number of nitrogens with two attached hydrogens (primary N) is 3. The van der Waals surface area contributed by atoms with E-state index in [4.69, 9.17) is 50.5 Å². The van der Waals surface area contributed by atoms with Crippen LogP contribution in [0.15, 0.2) is 103 Å². The highest BCUT2D eigenvalue weighted by Gasteiger charge is 2.46. The number of aromatic nitrogens is 9. The van der Waals surface area contributed by atoms with E-state index in [0.29, 0.717) is 27.7 Å². The van der Waals surface area contributed by atoms with E-state index in [1.807, 2.05) is 24.7 Å². The van der Waals surface area contributed by atoms with Gasteiger partial charge in [-0.25, -0.2) is 29.9 Å². The lowest BCUT2D eigenvalue weighted by atomic mass is 9.67. The van der Waals surface area contributed by atoms with Gasteiger partial charge < -0.3 is 27.2 Å². The van der Waals surface area contributed by atoms with Gasteiger partial charge in [0.25, 0.3) is 0 Å². The molecule has 10 rings (SSSR count). The fraction of sp³-hybridized carbons (Fsp3) is 0.353. The molecule has 358 valence electrons. The lowest BCUT2D eigenvalue weighted by Gasteiger charge is -2.36. The largest absolute Gasteiger partial charge is 0.490 e. The lowest BCUT2D eigenvalue weighted by Crippen LogP contribution is -2.30. The first kappa shape index (κ1) is 51.2. The summed E-state index contributed by atoms with van der Waals surface area (Å²) in [6.07, 6.45) is 33.1. The molecular formula is C51H58BBrCl2N12O2. The zero-order valence-corrected chi connectivity index (χ0v) is 42.9. The maximum absolute atomic E-state index is 8.65. The van der Waals surface area contributed by atoms with Gasteiger partial charge in [-0.05, 0) is 124 Å². The van der Waals surface area contributed by atoms with Crippen LogP contribution in [0.1, 0.15) is 116 Å². The molecule has 0 amide bonds. The Morgan fingerprint density at radius 1 is 0.580 bits per heavy atom. The Bertz CT molecular complexity index is 2930. The minimum absolute atomic E-state index is 0.189. The number of nitrogen functional groups attached to an aromatic ring is 3. The maximum Gasteiger partial charge on any atom is 0.490 e. The van der Waals surface area contributed by atoms with Crippen LogP contribution >= 0.6 is 39.1 Å². The van der Waals surface area contributed by atoms with Crippen LogP contribution in [0.5, 0.6) is 0 Å². The van der Waals surface area contributed by atoms with Crippen molar-refractivity contribution in [1.29, 1.82) is 0 Å². The number of allylic oxidation sites excluding steroid dienone is 6. The highest BCUT2D eigenvalue weighted by Crippen LogP contribution is 2.54. The van der Waals surface area contributed by atoms with Crippen LogP contribution in [0.3, 0.4) is 0 Å². The second-order valence-electron chi connectivity index (χ2n) is 19.9. The molecule has 4 aliphatic rings. The van der Waals surface area contributed by atoms with Crippen LogP contribution in [-0.2, 0) is 5.41 Å².